The van der Waals surface area contributed by atoms with Crippen molar-refractivity contribution in [3.8, 4) is 0 Å². The zero-order chi connectivity index (χ0) is 15.5. The Morgan fingerprint density at radius 2 is 1.81 bits per heavy atom. The Labute approximate surface area is 124 Å². The lowest BCUT2D eigenvalue weighted by Crippen LogP contribution is -2.57. The third-order valence-electron chi connectivity index (χ3n) is 4.55. The van der Waals surface area contributed by atoms with Crippen LogP contribution in [0, 0.1) is 0 Å². The third kappa shape index (κ3) is 4.20. The molecular formula is C16H23F3N2. The van der Waals surface area contributed by atoms with E-state index in [1.54, 1.807) is 24.3 Å². The second-order valence-electron chi connectivity index (χ2n) is 6.14. The molecule has 0 aliphatic heterocycles. The Hall–Kier alpha value is -1.07. The fourth-order valence-electron chi connectivity index (χ4n) is 2.90. The highest BCUT2D eigenvalue weighted by Crippen LogP contribution is 2.37. The normalized spacial score (nSPS) is 19.3. The summed E-state index contributed by atoms with van der Waals surface area (Å²) in [5, 5.41) is 3.16. The first-order valence-electron chi connectivity index (χ1n) is 7.35. The molecule has 1 aromatic rings. The fraction of sp³-hybridized carbons (Fsp3) is 0.625. The molecule has 2 nitrogen and oxygen atoms in total. The van der Waals surface area contributed by atoms with Gasteiger partial charge in [0.05, 0.1) is 6.42 Å². The zero-order valence-electron chi connectivity index (χ0n) is 12.6. The van der Waals surface area contributed by atoms with Gasteiger partial charge in [-0.3, -0.25) is 0 Å². The van der Waals surface area contributed by atoms with Crippen molar-refractivity contribution in [2.24, 2.45) is 0 Å². The minimum atomic E-state index is -4.17. The van der Waals surface area contributed by atoms with E-state index in [1.165, 1.54) is 0 Å². The molecular weight excluding hydrogens is 277 g/mol. The number of hydrogen-bond donors (Lipinski definition) is 1. The summed E-state index contributed by atoms with van der Waals surface area (Å²) >= 11 is 0. The molecule has 1 aliphatic rings. The molecule has 0 heterocycles. The standard InChI is InChI=1S/C16H23F3N2/c1-21(2)15(9-6-10-15)12-20-14(11-16(17,18)19)13-7-4-3-5-8-13/h3-5,7-8,14,20H,6,9-12H2,1-2H3. The van der Waals surface area contributed by atoms with E-state index in [4.69, 9.17) is 0 Å². The molecule has 0 radical (unpaired) electrons. The molecule has 1 unspecified atom stereocenters. The van der Waals surface area contributed by atoms with Crippen molar-refractivity contribution < 1.29 is 13.2 Å². The number of hydrogen-bond acceptors (Lipinski definition) is 2. The molecule has 1 fully saturated rings. The Morgan fingerprint density at radius 1 is 1.19 bits per heavy atom. The van der Waals surface area contributed by atoms with Crippen molar-refractivity contribution in [1.29, 1.82) is 0 Å². The average molecular weight is 300 g/mol. The van der Waals surface area contributed by atoms with Gasteiger partial charge in [0.25, 0.3) is 0 Å². The number of alkyl halides is 3. The highest BCUT2D eigenvalue weighted by Gasteiger charge is 2.40. The van der Waals surface area contributed by atoms with Crippen LogP contribution in [0.25, 0.3) is 0 Å². The van der Waals surface area contributed by atoms with Gasteiger partial charge in [0, 0.05) is 18.1 Å². The Kier molecular flexibility index (Phi) is 4.94. The van der Waals surface area contributed by atoms with E-state index >= 15 is 0 Å². The maximum absolute atomic E-state index is 12.8. The minimum Gasteiger partial charge on any atom is -0.308 e. The van der Waals surface area contributed by atoms with Crippen LogP contribution in [0.3, 0.4) is 0 Å². The summed E-state index contributed by atoms with van der Waals surface area (Å²) in [6.45, 7) is 0.593. The van der Waals surface area contributed by atoms with Crippen molar-refractivity contribution in [3.63, 3.8) is 0 Å². The van der Waals surface area contributed by atoms with E-state index in [0.717, 1.165) is 19.3 Å². The lowest BCUT2D eigenvalue weighted by atomic mass is 9.75. The summed E-state index contributed by atoms with van der Waals surface area (Å²) in [6, 6.07) is 8.22. The molecule has 0 saturated heterocycles. The summed E-state index contributed by atoms with van der Waals surface area (Å²) in [5.41, 5.74) is 0.710. The quantitative estimate of drug-likeness (QED) is 0.860. The minimum absolute atomic E-state index is 0.0125. The smallest absolute Gasteiger partial charge is 0.308 e. The molecule has 1 aromatic carbocycles. The molecule has 0 amide bonds. The van der Waals surface area contributed by atoms with Gasteiger partial charge < -0.3 is 10.2 Å². The molecule has 0 aromatic heterocycles. The van der Waals surface area contributed by atoms with Gasteiger partial charge in [-0.2, -0.15) is 13.2 Å². The topological polar surface area (TPSA) is 15.3 Å². The fourth-order valence-corrected chi connectivity index (χ4v) is 2.90. The van der Waals surface area contributed by atoms with Gasteiger partial charge >= 0.3 is 6.18 Å². The van der Waals surface area contributed by atoms with Crippen molar-refractivity contribution in [3.05, 3.63) is 35.9 Å². The van der Waals surface area contributed by atoms with E-state index in [9.17, 15) is 13.2 Å². The molecule has 21 heavy (non-hydrogen) atoms. The maximum atomic E-state index is 12.8. The van der Waals surface area contributed by atoms with Crippen molar-refractivity contribution in [2.45, 2.75) is 43.4 Å². The van der Waals surface area contributed by atoms with E-state index in [2.05, 4.69) is 10.2 Å². The first kappa shape index (κ1) is 16.3. The van der Waals surface area contributed by atoms with Crippen LogP contribution in [0.1, 0.15) is 37.3 Å². The first-order chi connectivity index (χ1) is 9.82. The van der Waals surface area contributed by atoms with Gasteiger partial charge in [0.1, 0.15) is 0 Å². The highest BCUT2D eigenvalue weighted by atomic mass is 19.4. The second kappa shape index (κ2) is 6.36. The predicted molar refractivity (Wildman–Crippen MR) is 78.1 cm³/mol. The third-order valence-corrected chi connectivity index (χ3v) is 4.55. The van der Waals surface area contributed by atoms with Crippen molar-refractivity contribution in [1.82, 2.24) is 10.2 Å². The number of likely N-dealkylation sites (N-methyl/N-ethyl adjacent to an activating group) is 1. The van der Waals surface area contributed by atoms with Gasteiger partial charge in [0.2, 0.25) is 0 Å². The second-order valence-corrected chi connectivity index (χ2v) is 6.14. The Balaban J connectivity index is 2.06. The zero-order valence-corrected chi connectivity index (χ0v) is 12.6. The van der Waals surface area contributed by atoms with E-state index in [1.807, 2.05) is 20.2 Å². The number of benzene rings is 1. The lowest BCUT2D eigenvalue weighted by molar-refractivity contribution is -0.141. The monoisotopic (exact) mass is 300 g/mol. The Bertz CT molecular complexity index is 439. The highest BCUT2D eigenvalue weighted by molar-refractivity contribution is 5.19. The summed E-state index contributed by atoms with van der Waals surface area (Å²) in [7, 11) is 4.00. The number of halogens is 3. The lowest BCUT2D eigenvalue weighted by Gasteiger charge is -2.48. The summed E-state index contributed by atoms with van der Waals surface area (Å²) < 4.78 is 38.4. The van der Waals surface area contributed by atoms with Crippen molar-refractivity contribution in [2.75, 3.05) is 20.6 Å². The van der Waals surface area contributed by atoms with Crippen LogP contribution in [0.5, 0.6) is 0 Å². The molecule has 1 aliphatic carbocycles. The van der Waals surface area contributed by atoms with Crippen LogP contribution in [0.15, 0.2) is 30.3 Å². The van der Waals surface area contributed by atoms with Crippen molar-refractivity contribution >= 4 is 0 Å². The van der Waals surface area contributed by atoms with Gasteiger partial charge in [-0.15, -0.1) is 0 Å². The van der Waals surface area contributed by atoms with Crippen LogP contribution >= 0.6 is 0 Å². The van der Waals surface area contributed by atoms with E-state index in [0.29, 0.717) is 12.1 Å². The van der Waals surface area contributed by atoms with Crippen LogP contribution in [0.2, 0.25) is 0 Å². The summed E-state index contributed by atoms with van der Waals surface area (Å²) in [6.07, 6.45) is -1.77. The molecule has 0 spiro atoms. The Morgan fingerprint density at radius 3 is 2.24 bits per heavy atom. The van der Waals surface area contributed by atoms with E-state index < -0.39 is 18.6 Å². The van der Waals surface area contributed by atoms with E-state index in [-0.39, 0.29) is 5.54 Å². The maximum Gasteiger partial charge on any atom is 0.390 e. The van der Waals surface area contributed by atoms with Crippen LogP contribution < -0.4 is 5.32 Å². The van der Waals surface area contributed by atoms with Gasteiger partial charge in [-0.25, -0.2) is 0 Å². The number of rotatable bonds is 6. The molecule has 1 saturated carbocycles. The summed E-state index contributed by atoms with van der Waals surface area (Å²) in [5.74, 6) is 0. The molecule has 5 heteroatoms. The molecule has 2 rings (SSSR count). The van der Waals surface area contributed by atoms with Gasteiger partial charge in [-0.05, 0) is 38.9 Å². The SMILES string of the molecule is CN(C)C1(CNC(CC(F)(F)F)c2ccccc2)CCC1. The van der Waals surface area contributed by atoms with Gasteiger partial charge in [-0.1, -0.05) is 30.3 Å². The summed E-state index contributed by atoms with van der Waals surface area (Å²) in [4.78, 5) is 2.14. The van der Waals surface area contributed by atoms with Gasteiger partial charge in [0.15, 0.2) is 0 Å². The number of nitrogens with one attached hydrogen (secondary N) is 1. The molecule has 118 valence electrons. The molecule has 1 atom stereocenters. The van der Waals surface area contributed by atoms with Crippen LogP contribution in [0.4, 0.5) is 13.2 Å². The van der Waals surface area contributed by atoms with Crippen LogP contribution in [-0.4, -0.2) is 37.3 Å². The molecule has 1 N–H and O–H groups in total. The number of nitrogens with zero attached hydrogens (tertiary/aromatic N) is 1. The first-order valence-corrected chi connectivity index (χ1v) is 7.35. The average Bonchev–Trinajstić information content (AvgIpc) is 2.35. The van der Waals surface area contributed by atoms with Crippen LogP contribution in [-0.2, 0) is 0 Å². The molecule has 0 bridgehead atoms. The largest absolute Gasteiger partial charge is 0.390 e. The predicted octanol–water partition coefficient (Wildman–Crippen LogP) is 3.75.